The van der Waals surface area contributed by atoms with Crippen molar-refractivity contribution in [3.05, 3.63) is 12.4 Å². The van der Waals surface area contributed by atoms with E-state index in [1.165, 1.54) is 31.0 Å². The van der Waals surface area contributed by atoms with Crippen LogP contribution in [-0.4, -0.2) is 41.4 Å². The van der Waals surface area contributed by atoms with E-state index in [2.05, 4.69) is 14.9 Å². The third kappa shape index (κ3) is 4.38. The number of rotatable bonds is 5. The van der Waals surface area contributed by atoms with Crippen molar-refractivity contribution < 1.29 is 9.53 Å². The van der Waals surface area contributed by atoms with Crippen LogP contribution in [0, 0.1) is 0 Å². The molecule has 0 aliphatic carbocycles. The molecule has 0 aromatic carbocycles. The predicted octanol–water partition coefficient (Wildman–Crippen LogP) is 2.12. The molecule has 0 radical (unpaired) electrons. The number of anilines is 1. The van der Waals surface area contributed by atoms with Crippen LogP contribution in [0.5, 0.6) is 0 Å². The molecule has 1 aromatic heterocycles. The summed E-state index contributed by atoms with van der Waals surface area (Å²) in [5.74, 6) is 1.05. The predicted molar refractivity (Wildman–Crippen MR) is 75.5 cm³/mol. The van der Waals surface area contributed by atoms with E-state index in [1.54, 1.807) is 6.33 Å². The first kappa shape index (κ1) is 14.1. The van der Waals surface area contributed by atoms with Gasteiger partial charge in [0, 0.05) is 19.2 Å². The average molecular weight is 281 g/mol. The van der Waals surface area contributed by atoms with Crippen LogP contribution in [0.1, 0.15) is 26.2 Å². The molecule has 1 aromatic rings. The number of esters is 1. The molecule has 0 bridgehead atoms. The maximum Gasteiger partial charge on any atom is 0.316 e. The van der Waals surface area contributed by atoms with Gasteiger partial charge in [-0.1, -0.05) is 11.8 Å². The lowest BCUT2D eigenvalue weighted by Crippen LogP contribution is -2.30. The van der Waals surface area contributed by atoms with Crippen LogP contribution in [0.15, 0.2) is 17.4 Å². The molecule has 19 heavy (non-hydrogen) atoms. The number of nitrogens with zero attached hydrogens (tertiary/aromatic N) is 3. The van der Waals surface area contributed by atoms with Crippen LogP contribution in [0.2, 0.25) is 0 Å². The van der Waals surface area contributed by atoms with Gasteiger partial charge in [0.1, 0.15) is 17.2 Å². The topological polar surface area (TPSA) is 55.3 Å². The Hall–Kier alpha value is -1.30. The lowest BCUT2D eigenvalue weighted by molar-refractivity contribution is -0.139. The summed E-state index contributed by atoms with van der Waals surface area (Å²) in [6.45, 7) is 4.34. The molecule has 0 spiro atoms. The molecule has 2 rings (SSSR count). The number of piperidine rings is 1. The Kier molecular flexibility index (Phi) is 5.44. The van der Waals surface area contributed by atoms with Gasteiger partial charge in [-0.05, 0) is 26.2 Å². The first-order valence-electron chi connectivity index (χ1n) is 6.65. The molecule has 6 heteroatoms. The molecule has 0 atom stereocenters. The quantitative estimate of drug-likeness (QED) is 0.468. The van der Waals surface area contributed by atoms with E-state index in [9.17, 15) is 4.79 Å². The summed E-state index contributed by atoms with van der Waals surface area (Å²) in [7, 11) is 0. The summed E-state index contributed by atoms with van der Waals surface area (Å²) < 4.78 is 4.90. The largest absolute Gasteiger partial charge is 0.465 e. The summed E-state index contributed by atoms with van der Waals surface area (Å²) in [5, 5.41) is 0.823. The first-order chi connectivity index (χ1) is 9.29. The second-order valence-electron chi connectivity index (χ2n) is 4.36. The summed E-state index contributed by atoms with van der Waals surface area (Å²) >= 11 is 1.39. The molecule has 1 saturated heterocycles. The molecule has 1 aliphatic rings. The van der Waals surface area contributed by atoms with Crippen molar-refractivity contribution in [3.63, 3.8) is 0 Å². The Bertz CT molecular complexity index is 422. The highest BCUT2D eigenvalue weighted by molar-refractivity contribution is 7.99. The van der Waals surface area contributed by atoms with Crippen LogP contribution in [0.3, 0.4) is 0 Å². The Labute approximate surface area is 117 Å². The van der Waals surface area contributed by atoms with E-state index in [1.807, 2.05) is 13.0 Å². The van der Waals surface area contributed by atoms with Crippen LogP contribution in [0.25, 0.3) is 0 Å². The second kappa shape index (κ2) is 7.33. The van der Waals surface area contributed by atoms with E-state index in [-0.39, 0.29) is 5.97 Å². The van der Waals surface area contributed by atoms with Crippen molar-refractivity contribution in [1.29, 1.82) is 0 Å². The van der Waals surface area contributed by atoms with Crippen LogP contribution in [-0.2, 0) is 9.53 Å². The number of ether oxygens (including phenoxy) is 1. The Morgan fingerprint density at radius 3 is 2.89 bits per heavy atom. The van der Waals surface area contributed by atoms with Crippen molar-refractivity contribution >= 4 is 23.5 Å². The van der Waals surface area contributed by atoms with Crippen LogP contribution in [0.4, 0.5) is 5.82 Å². The highest BCUT2D eigenvalue weighted by Gasteiger charge is 2.13. The van der Waals surface area contributed by atoms with Crippen LogP contribution >= 0.6 is 11.8 Å². The number of carbonyl (C=O) groups excluding carboxylic acids is 1. The zero-order valence-electron chi connectivity index (χ0n) is 11.2. The Morgan fingerprint density at radius 2 is 2.16 bits per heavy atom. The molecule has 0 amide bonds. The molecular formula is C13H19N3O2S. The first-order valence-corrected chi connectivity index (χ1v) is 7.63. The summed E-state index contributed by atoms with van der Waals surface area (Å²) in [6.07, 6.45) is 5.30. The van der Waals surface area contributed by atoms with Crippen molar-refractivity contribution in [1.82, 2.24) is 9.97 Å². The van der Waals surface area contributed by atoms with Gasteiger partial charge in [0.2, 0.25) is 0 Å². The molecule has 1 fully saturated rings. The Balaban J connectivity index is 1.92. The maximum absolute atomic E-state index is 11.3. The molecule has 2 heterocycles. The zero-order valence-corrected chi connectivity index (χ0v) is 12.0. The molecule has 0 saturated carbocycles. The van der Waals surface area contributed by atoms with Gasteiger partial charge in [0.05, 0.1) is 12.4 Å². The fourth-order valence-electron chi connectivity index (χ4n) is 2.04. The minimum absolute atomic E-state index is 0.203. The molecule has 0 N–H and O–H groups in total. The standard InChI is InChI=1S/C13H19N3O2S/c1-2-18-13(17)9-19-12-8-11(14-10-15-12)16-6-4-3-5-7-16/h8,10H,2-7,9H2,1H3. The van der Waals surface area contributed by atoms with Gasteiger partial charge < -0.3 is 9.64 Å². The fraction of sp³-hybridized carbons (Fsp3) is 0.615. The van der Waals surface area contributed by atoms with E-state index in [4.69, 9.17) is 4.74 Å². The van der Waals surface area contributed by atoms with Gasteiger partial charge in [-0.15, -0.1) is 0 Å². The lowest BCUT2D eigenvalue weighted by atomic mass is 10.1. The number of hydrogen-bond acceptors (Lipinski definition) is 6. The van der Waals surface area contributed by atoms with Gasteiger partial charge in [-0.3, -0.25) is 4.79 Å². The normalized spacial score (nSPS) is 15.3. The van der Waals surface area contributed by atoms with Crippen LogP contribution < -0.4 is 4.90 Å². The molecular weight excluding hydrogens is 262 g/mol. The summed E-state index contributed by atoms with van der Waals surface area (Å²) in [5.41, 5.74) is 0. The molecule has 0 unspecified atom stereocenters. The number of carbonyl (C=O) groups is 1. The second-order valence-corrected chi connectivity index (χ2v) is 5.35. The van der Waals surface area contributed by atoms with E-state index >= 15 is 0 Å². The number of hydrogen-bond donors (Lipinski definition) is 0. The van der Waals surface area contributed by atoms with E-state index in [0.717, 1.165) is 23.9 Å². The lowest BCUT2D eigenvalue weighted by Gasteiger charge is -2.27. The SMILES string of the molecule is CCOC(=O)CSc1cc(N2CCCCC2)ncn1. The maximum atomic E-state index is 11.3. The number of thioether (sulfide) groups is 1. The van der Waals surface area contributed by atoms with Crippen molar-refractivity contribution in [3.8, 4) is 0 Å². The minimum atomic E-state index is -0.203. The summed E-state index contributed by atoms with van der Waals surface area (Å²) in [6, 6.07) is 1.95. The van der Waals surface area contributed by atoms with Gasteiger partial charge in [-0.25, -0.2) is 9.97 Å². The molecule has 104 valence electrons. The average Bonchev–Trinajstić information content (AvgIpc) is 2.47. The highest BCUT2D eigenvalue weighted by Crippen LogP contribution is 2.22. The van der Waals surface area contributed by atoms with Crippen molar-refractivity contribution in [2.75, 3.05) is 30.3 Å². The Morgan fingerprint density at radius 1 is 1.37 bits per heavy atom. The van der Waals surface area contributed by atoms with Gasteiger partial charge >= 0.3 is 5.97 Å². The van der Waals surface area contributed by atoms with Gasteiger partial charge in [-0.2, -0.15) is 0 Å². The smallest absolute Gasteiger partial charge is 0.316 e. The van der Waals surface area contributed by atoms with E-state index < -0.39 is 0 Å². The van der Waals surface area contributed by atoms with E-state index in [0.29, 0.717) is 12.4 Å². The number of aromatic nitrogens is 2. The monoisotopic (exact) mass is 281 g/mol. The molecule has 5 nitrogen and oxygen atoms in total. The molecule has 1 aliphatic heterocycles. The minimum Gasteiger partial charge on any atom is -0.465 e. The fourth-order valence-corrected chi connectivity index (χ4v) is 2.70. The summed E-state index contributed by atoms with van der Waals surface area (Å²) in [4.78, 5) is 22.1. The third-order valence-corrected chi connectivity index (χ3v) is 3.85. The zero-order chi connectivity index (χ0) is 13.5. The van der Waals surface area contributed by atoms with Gasteiger partial charge in [0.15, 0.2) is 0 Å². The third-order valence-electron chi connectivity index (χ3n) is 2.95. The van der Waals surface area contributed by atoms with Crippen molar-refractivity contribution in [2.24, 2.45) is 0 Å². The highest BCUT2D eigenvalue weighted by atomic mass is 32.2. The van der Waals surface area contributed by atoms with Gasteiger partial charge in [0.25, 0.3) is 0 Å². The van der Waals surface area contributed by atoms with Crippen molar-refractivity contribution in [2.45, 2.75) is 31.2 Å².